The van der Waals surface area contributed by atoms with Crippen LogP contribution in [0, 0.1) is 5.92 Å². The Labute approximate surface area is 117 Å². The van der Waals surface area contributed by atoms with Gasteiger partial charge in [0.1, 0.15) is 0 Å². The Bertz CT molecular complexity index is 321. The molecule has 19 heavy (non-hydrogen) atoms. The molecule has 110 valence electrons. The molecule has 3 unspecified atom stereocenters. The van der Waals surface area contributed by atoms with Gasteiger partial charge >= 0.3 is 0 Å². The highest BCUT2D eigenvalue weighted by molar-refractivity contribution is 5.08. The second kappa shape index (κ2) is 5.32. The van der Waals surface area contributed by atoms with Crippen LogP contribution in [-0.2, 0) is 4.74 Å². The number of hydrogen-bond acceptors (Lipinski definition) is 4. The summed E-state index contributed by atoms with van der Waals surface area (Å²) in [5.74, 6) is 0.757. The van der Waals surface area contributed by atoms with Gasteiger partial charge in [-0.15, -0.1) is 0 Å². The first-order valence-corrected chi connectivity index (χ1v) is 7.91. The summed E-state index contributed by atoms with van der Waals surface area (Å²) in [7, 11) is 1.82. The summed E-state index contributed by atoms with van der Waals surface area (Å²) in [6.07, 6.45) is 5.40. The van der Waals surface area contributed by atoms with Gasteiger partial charge < -0.3 is 10.5 Å². The van der Waals surface area contributed by atoms with Crippen molar-refractivity contribution >= 4 is 0 Å². The number of nitrogens with zero attached hydrogens (tertiary/aromatic N) is 2. The van der Waals surface area contributed by atoms with Gasteiger partial charge in [0, 0.05) is 38.8 Å². The van der Waals surface area contributed by atoms with Crippen LogP contribution in [0.15, 0.2) is 0 Å². The van der Waals surface area contributed by atoms with Crippen molar-refractivity contribution in [2.24, 2.45) is 11.7 Å². The molecule has 0 aromatic rings. The molecule has 3 fully saturated rings. The molecule has 2 saturated heterocycles. The molecule has 3 aliphatic rings. The van der Waals surface area contributed by atoms with Crippen molar-refractivity contribution in [2.75, 3.05) is 39.9 Å². The lowest BCUT2D eigenvalue weighted by atomic mass is 9.88. The highest BCUT2D eigenvalue weighted by Crippen LogP contribution is 2.45. The van der Waals surface area contributed by atoms with Crippen LogP contribution in [0.25, 0.3) is 0 Å². The van der Waals surface area contributed by atoms with E-state index < -0.39 is 0 Å². The van der Waals surface area contributed by atoms with Gasteiger partial charge in [-0.05, 0) is 45.1 Å². The summed E-state index contributed by atoms with van der Waals surface area (Å²) in [5, 5.41) is 0. The van der Waals surface area contributed by atoms with E-state index in [0.717, 1.165) is 25.1 Å². The molecule has 2 N–H and O–H groups in total. The second-order valence-corrected chi connectivity index (χ2v) is 6.81. The van der Waals surface area contributed by atoms with E-state index >= 15 is 0 Å². The van der Waals surface area contributed by atoms with Gasteiger partial charge in [0.05, 0.1) is 12.1 Å². The minimum Gasteiger partial charge on any atom is -0.383 e. The Morgan fingerprint density at radius 3 is 2.68 bits per heavy atom. The van der Waals surface area contributed by atoms with Crippen molar-refractivity contribution in [1.29, 1.82) is 0 Å². The number of fused-ring (bicyclic) bond motifs is 1. The fraction of sp³-hybridized carbons (Fsp3) is 1.00. The van der Waals surface area contributed by atoms with Crippen molar-refractivity contribution in [3.05, 3.63) is 0 Å². The van der Waals surface area contributed by atoms with Gasteiger partial charge in [-0.25, -0.2) is 0 Å². The Morgan fingerprint density at radius 1 is 1.26 bits per heavy atom. The quantitative estimate of drug-likeness (QED) is 0.804. The van der Waals surface area contributed by atoms with E-state index in [1.807, 2.05) is 7.11 Å². The zero-order valence-corrected chi connectivity index (χ0v) is 12.5. The molecule has 2 heterocycles. The first-order chi connectivity index (χ1) is 9.21. The Kier molecular flexibility index (Phi) is 3.87. The average Bonchev–Trinajstić information content (AvgIpc) is 3.16. The van der Waals surface area contributed by atoms with Gasteiger partial charge in [0.25, 0.3) is 0 Å². The maximum Gasteiger partial charge on any atom is 0.0661 e. The van der Waals surface area contributed by atoms with E-state index in [9.17, 15) is 0 Å². The highest BCUT2D eigenvalue weighted by Gasteiger charge is 2.52. The van der Waals surface area contributed by atoms with Crippen molar-refractivity contribution in [3.63, 3.8) is 0 Å². The lowest BCUT2D eigenvalue weighted by Gasteiger charge is -2.52. The predicted molar refractivity (Wildman–Crippen MR) is 77.1 cm³/mol. The fourth-order valence-electron chi connectivity index (χ4n) is 4.46. The molecule has 0 aromatic carbocycles. The minimum atomic E-state index is 0.100. The van der Waals surface area contributed by atoms with E-state index in [2.05, 4.69) is 16.7 Å². The third kappa shape index (κ3) is 2.33. The maximum absolute atomic E-state index is 6.23. The van der Waals surface area contributed by atoms with Crippen LogP contribution in [0.3, 0.4) is 0 Å². The number of hydrogen-bond donors (Lipinski definition) is 1. The topological polar surface area (TPSA) is 41.7 Å². The molecule has 2 aliphatic heterocycles. The first kappa shape index (κ1) is 13.8. The Hall–Kier alpha value is -0.160. The number of methoxy groups -OCH3 is 1. The van der Waals surface area contributed by atoms with Crippen LogP contribution in [-0.4, -0.2) is 67.3 Å². The molecule has 0 amide bonds. The molecule has 3 rings (SSSR count). The molecule has 1 saturated carbocycles. The molecular weight excluding hydrogens is 238 g/mol. The molecule has 1 aliphatic carbocycles. The third-order valence-electron chi connectivity index (χ3n) is 5.59. The van der Waals surface area contributed by atoms with E-state index in [-0.39, 0.29) is 5.54 Å². The van der Waals surface area contributed by atoms with Crippen molar-refractivity contribution in [3.8, 4) is 0 Å². The summed E-state index contributed by atoms with van der Waals surface area (Å²) >= 11 is 0. The predicted octanol–water partition coefficient (Wildman–Crippen LogP) is 0.909. The van der Waals surface area contributed by atoms with E-state index in [4.69, 9.17) is 10.5 Å². The number of rotatable bonds is 5. The van der Waals surface area contributed by atoms with E-state index in [1.54, 1.807) is 0 Å². The van der Waals surface area contributed by atoms with Crippen LogP contribution in [0.5, 0.6) is 0 Å². The van der Waals surface area contributed by atoms with Crippen molar-refractivity contribution < 1.29 is 4.74 Å². The average molecular weight is 267 g/mol. The van der Waals surface area contributed by atoms with E-state index in [1.165, 1.54) is 45.3 Å². The zero-order valence-electron chi connectivity index (χ0n) is 12.5. The summed E-state index contributed by atoms with van der Waals surface area (Å²) in [4.78, 5) is 5.39. The largest absolute Gasteiger partial charge is 0.383 e. The van der Waals surface area contributed by atoms with Crippen LogP contribution in [0.4, 0.5) is 0 Å². The molecule has 0 bridgehead atoms. The molecule has 4 nitrogen and oxygen atoms in total. The van der Waals surface area contributed by atoms with Gasteiger partial charge in [0.2, 0.25) is 0 Å². The minimum absolute atomic E-state index is 0.100. The summed E-state index contributed by atoms with van der Waals surface area (Å²) in [6, 6.07) is 1.37. The van der Waals surface area contributed by atoms with Crippen molar-refractivity contribution in [1.82, 2.24) is 9.80 Å². The normalized spacial score (nSPS) is 36.2. The zero-order chi connectivity index (χ0) is 13.5. The lowest BCUT2D eigenvalue weighted by Crippen LogP contribution is -2.68. The number of ether oxygens (including phenoxy) is 1. The van der Waals surface area contributed by atoms with Crippen LogP contribution < -0.4 is 5.73 Å². The molecule has 0 radical (unpaired) electrons. The smallest absolute Gasteiger partial charge is 0.0661 e. The Morgan fingerprint density at radius 2 is 2.05 bits per heavy atom. The fourth-order valence-corrected chi connectivity index (χ4v) is 4.46. The van der Waals surface area contributed by atoms with E-state index in [0.29, 0.717) is 6.04 Å². The van der Waals surface area contributed by atoms with Gasteiger partial charge in [-0.2, -0.15) is 0 Å². The third-order valence-corrected chi connectivity index (χ3v) is 5.59. The molecular formula is C15H29N3O. The van der Waals surface area contributed by atoms with Gasteiger partial charge in [0.15, 0.2) is 0 Å². The summed E-state index contributed by atoms with van der Waals surface area (Å²) in [5.41, 5.74) is 6.33. The first-order valence-electron chi connectivity index (χ1n) is 7.91. The number of piperazine rings is 1. The highest BCUT2D eigenvalue weighted by atomic mass is 16.5. The maximum atomic E-state index is 6.23. The number of nitrogens with two attached hydrogens (primary N) is 1. The monoisotopic (exact) mass is 267 g/mol. The second-order valence-electron chi connectivity index (χ2n) is 6.81. The Balaban J connectivity index is 1.80. The molecule has 0 spiro atoms. The molecule has 0 aromatic heterocycles. The van der Waals surface area contributed by atoms with Crippen LogP contribution in [0.2, 0.25) is 0 Å². The summed E-state index contributed by atoms with van der Waals surface area (Å²) < 4.78 is 5.58. The lowest BCUT2D eigenvalue weighted by molar-refractivity contribution is -0.0648. The summed E-state index contributed by atoms with van der Waals surface area (Å²) in [6.45, 7) is 7.61. The molecule has 4 heteroatoms. The van der Waals surface area contributed by atoms with Gasteiger partial charge in [-0.1, -0.05) is 0 Å². The molecule has 3 atom stereocenters. The SMILES string of the molecule is COCC(CN)(C1CC1)N1CC2CCCN2CC1C. The van der Waals surface area contributed by atoms with Gasteiger partial charge in [-0.3, -0.25) is 9.80 Å². The van der Waals surface area contributed by atoms with Crippen LogP contribution in [0.1, 0.15) is 32.6 Å². The van der Waals surface area contributed by atoms with Crippen LogP contribution >= 0.6 is 0 Å². The van der Waals surface area contributed by atoms with Crippen molar-refractivity contribution in [2.45, 2.75) is 50.2 Å². The standard InChI is InChI=1S/C15H29N3O/c1-12-8-17-7-3-4-14(17)9-18(12)15(10-16,11-19-2)13-5-6-13/h12-14H,3-11,16H2,1-2H3.